The minimum Gasteiger partial charge on any atom is -0.317 e. The van der Waals surface area contributed by atoms with Gasteiger partial charge in [0.15, 0.2) is 5.78 Å². The SMILES string of the molecule is CNO.[3H]C.[C-]#[N+]C1=C[C@]2(C)c3nc(C)ncc3CC[C@H]2[C@H](C)C1=O. The molecule has 0 unspecified atom stereocenters. The number of aromatic nitrogens is 2. The second-order valence-corrected chi connectivity index (χ2v) is 6.24. The van der Waals surface area contributed by atoms with Gasteiger partial charge in [-0.25, -0.2) is 20.3 Å². The molecule has 0 radical (unpaired) electrons. The van der Waals surface area contributed by atoms with Crippen molar-refractivity contribution >= 4 is 5.78 Å². The Hall–Kier alpha value is -2.10. The van der Waals surface area contributed by atoms with E-state index in [1.54, 1.807) is 5.48 Å². The van der Waals surface area contributed by atoms with Gasteiger partial charge < -0.3 is 10.0 Å². The first kappa shape index (κ1) is 18.2. The smallest absolute Gasteiger partial charge is 0.226 e. The standard InChI is InChI=1S/C16H17N3O.CH5NO.CH4/c1-9-12-6-5-11-8-18-10(2)19-15(11)16(12,3)7-13(17-4)14(9)20;1-2-3;/h7-9,12H,5-6H2,1-3H3;2-3H,1H3;1H4/t9-,12-,16-;;/m0../s1/i;;1T. The zero-order chi connectivity index (χ0) is 19.2. The summed E-state index contributed by atoms with van der Waals surface area (Å²) >= 11 is 0. The maximum absolute atomic E-state index is 12.2. The maximum Gasteiger partial charge on any atom is 0.226 e. The van der Waals surface area contributed by atoms with Crippen molar-refractivity contribution in [3.05, 3.63) is 46.5 Å². The predicted molar refractivity (Wildman–Crippen MR) is 92.4 cm³/mol. The number of allylic oxidation sites excluding steroid dienone is 2. The number of fused-ring (bicyclic) bond motifs is 3. The highest BCUT2D eigenvalue weighted by molar-refractivity contribution is 6.00. The zero-order valence-corrected chi connectivity index (χ0v) is 14.9. The second-order valence-electron chi connectivity index (χ2n) is 6.24. The molecule has 0 fully saturated rings. The van der Waals surface area contributed by atoms with Gasteiger partial charge in [-0.15, -0.1) is 0 Å². The van der Waals surface area contributed by atoms with Crippen LogP contribution in [0.5, 0.6) is 0 Å². The number of carbonyl (C=O) groups is 1. The van der Waals surface area contributed by atoms with E-state index >= 15 is 0 Å². The first-order valence-electron chi connectivity index (χ1n) is 8.67. The fourth-order valence-corrected chi connectivity index (χ4v) is 3.73. The van der Waals surface area contributed by atoms with Crippen molar-refractivity contribution in [2.75, 3.05) is 7.05 Å². The first-order chi connectivity index (χ1) is 11.9. The fourth-order valence-electron chi connectivity index (χ4n) is 3.73. The lowest BCUT2D eigenvalue weighted by molar-refractivity contribution is -0.121. The molecule has 2 aliphatic rings. The lowest BCUT2D eigenvalue weighted by atomic mass is 9.58. The van der Waals surface area contributed by atoms with Crippen molar-refractivity contribution in [1.82, 2.24) is 15.4 Å². The number of nitrogens with one attached hydrogen (secondary N) is 1. The molecule has 1 aromatic heterocycles. The van der Waals surface area contributed by atoms with Gasteiger partial charge >= 0.3 is 0 Å². The van der Waals surface area contributed by atoms with Gasteiger partial charge in [0, 0.05) is 25.9 Å². The van der Waals surface area contributed by atoms with Gasteiger partial charge in [-0.3, -0.25) is 0 Å². The molecule has 24 heavy (non-hydrogen) atoms. The summed E-state index contributed by atoms with van der Waals surface area (Å²) in [5.74, 6) is 0.837. The van der Waals surface area contributed by atoms with E-state index in [9.17, 15) is 4.79 Å². The molecular formula is C18H26N4O2. The molecule has 0 amide bonds. The highest BCUT2D eigenvalue weighted by Crippen LogP contribution is 2.49. The quantitative estimate of drug-likeness (QED) is 0.564. The molecule has 6 heteroatoms. The van der Waals surface area contributed by atoms with E-state index in [1.165, 1.54) is 14.5 Å². The van der Waals surface area contributed by atoms with Gasteiger partial charge in [-0.05, 0) is 31.2 Å². The third-order valence-corrected chi connectivity index (χ3v) is 4.82. The Kier molecular flexibility index (Phi) is 5.81. The van der Waals surface area contributed by atoms with Gasteiger partial charge in [-0.1, -0.05) is 27.3 Å². The number of hydroxylamine groups is 1. The molecule has 3 rings (SSSR count). The summed E-state index contributed by atoms with van der Waals surface area (Å²) in [7, 11) is 2.68. The third kappa shape index (κ3) is 3.23. The van der Waals surface area contributed by atoms with E-state index in [4.69, 9.17) is 13.2 Å². The van der Waals surface area contributed by atoms with Crippen LogP contribution in [0.3, 0.4) is 0 Å². The monoisotopic (exact) mass is 332 g/mol. The van der Waals surface area contributed by atoms with Crippen LogP contribution in [-0.4, -0.2) is 28.0 Å². The van der Waals surface area contributed by atoms with Crippen molar-refractivity contribution in [1.29, 1.82) is 0 Å². The Morgan fingerprint density at radius 2 is 2.21 bits per heavy atom. The Morgan fingerprint density at radius 3 is 2.79 bits per heavy atom. The molecule has 130 valence electrons. The van der Waals surface area contributed by atoms with Gasteiger partial charge in [0.25, 0.3) is 0 Å². The van der Waals surface area contributed by atoms with E-state index in [1.807, 2.05) is 26.1 Å². The summed E-state index contributed by atoms with van der Waals surface area (Å²) in [5, 5.41) is 7.32. The Bertz CT molecular complexity index is 699. The van der Waals surface area contributed by atoms with Gasteiger partial charge in [-0.2, -0.15) is 0 Å². The summed E-state index contributed by atoms with van der Waals surface area (Å²) in [6.07, 6.45) is 5.60. The Morgan fingerprint density at radius 1 is 1.58 bits per heavy atom. The number of hydrogen-bond acceptors (Lipinski definition) is 5. The fraction of sp³-hybridized carbons (Fsp3) is 0.556. The van der Waals surface area contributed by atoms with Gasteiger partial charge in [0.2, 0.25) is 5.70 Å². The molecule has 1 heterocycles. The van der Waals surface area contributed by atoms with E-state index in [0.29, 0.717) is 0 Å². The summed E-state index contributed by atoms with van der Waals surface area (Å²) in [4.78, 5) is 24.5. The van der Waals surface area contributed by atoms with Crippen molar-refractivity contribution in [2.45, 2.75) is 46.4 Å². The summed E-state index contributed by atoms with van der Waals surface area (Å²) < 4.78 is 5.75. The number of aryl methyl sites for hydroxylation is 2. The number of carbonyl (C=O) groups excluding carboxylic acids is 1. The molecular weight excluding hydrogens is 304 g/mol. The highest BCUT2D eigenvalue weighted by Gasteiger charge is 2.48. The van der Waals surface area contributed by atoms with Crippen LogP contribution in [0.15, 0.2) is 18.0 Å². The van der Waals surface area contributed by atoms with Crippen LogP contribution in [0.1, 0.15) is 46.1 Å². The Labute approximate surface area is 145 Å². The number of nitrogens with zero attached hydrogens (tertiary/aromatic N) is 3. The molecule has 0 aromatic carbocycles. The van der Waals surface area contributed by atoms with Gasteiger partial charge in [0.05, 0.1) is 12.3 Å². The Balaban J connectivity index is 0.000000567. The second kappa shape index (κ2) is 7.65. The number of ketones is 1. The average molecular weight is 332 g/mol. The normalized spacial score (nSPS) is 27.6. The molecule has 2 aliphatic carbocycles. The average Bonchev–Trinajstić information content (AvgIpc) is 2.61. The number of Topliss-reactive ketones (excluding diaryl/α,β-unsaturated/α-hetero) is 1. The number of hydrogen-bond donors (Lipinski definition) is 2. The van der Waals surface area contributed by atoms with E-state index < -0.39 is 0 Å². The molecule has 0 aliphatic heterocycles. The van der Waals surface area contributed by atoms with Crippen molar-refractivity contribution < 1.29 is 11.4 Å². The molecule has 0 saturated heterocycles. The van der Waals surface area contributed by atoms with Crippen LogP contribution in [0, 0.1) is 25.3 Å². The minimum atomic E-state index is -0.325. The zero-order valence-electron chi connectivity index (χ0n) is 15.9. The van der Waals surface area contributed by atoms with E-state index in [2.05, 4.69) is 21.7 Å². The molecule has 0 spiro atoms. The van der Waals surface area contributed by atoms with Crippen molar-refractivity contribution in [2.24, 2.45) is 11.8 Å². The van der Waals surface area contributed by atoms with Crippen LogP contribution in [0.4, 0.5) is 0 Å². The highest BCUT2D eigenvalue weighted by atomic mass is 16.5. The maximum atomic E-state index is 12.2. The van der Waals surface area contributed by atoms with E-state index in [0.717, 1.165) is 29.9 Å². The van der Waals surface area contributed by atoms with E-state index in [-0.39, 0.29) is 28.7 Å². The molecule has 2 N–H and O–H groups in total. The topological polar surface area (TPSA) is 79.5 Å². The largest absolute Gasteiger partial charge is 0.317 e. The molecule has 3 atom stereocenters. The number of rotatable bonds is 0. The molecule has 0 saturated carbocycles. The van der Waals surface area contributed by atoms with Gasteiger partial charge in [0.1, 0.15) is 5.82 Å². The molecule has 6 nitrogen and oxygen atoms in total. The first-order valence-corrected chi connectivity index (χ1v) is 7.67. The third-order valence-electron chi connectivity index (χ3n) is 4.82. The van der Waals surface area contributed by atoms with Crippen molar-refractivity contribution in [3.63, 3.8) is 0 Å². The van der Waals surface area contributed by atoms with Crippen LogP contribution in [0.2, 0.25) is 0 Å². The van der Waals surface area contributed by atoms with Crippen LogP contribution in [0.25, 0.3) is 4.85 Å². The van der Waals surface area contributed by atoms with Crippen LogP contribution < -0.4 is 5.48 Å². The van der Waals surface area contributed by atoms with Crippen LogP contribution >= 0.6 is 0 Å². The minimum absolute atomic E-state index is 0.0169. The lowest BCUT2D eigenvalue weighted by Gasteiger charge is -2.45. The summed E-state index contributed by atoms with van der Waals surface area (Å²) in [6.45, 7) is 13.2. The molecule has 1 aromatic rings. The molecule has 0 bridgehead atoms. The summed E-state index contributed by atoms with van der Waals surface area (Å²) in [5.41, 5.74) is 3.84. The van der Waals surface area contributed by atoms with Crippen LogP contribution in [-0.2, 0) is 16.6 Å². The predicted octanol–water partition coefficient (Wildman–Crippen LogP) is 2.86. The lowest BCUT2D eigenvalue weighted by Crippen LogP contribution is -2.45. The summed E-state index contributed by atoms with van der Waals surface area (Å²) in [6, 6.07) is 0. The van der Waals surface area contributed by atoms with Crippen molar-refractivity contribution in [3.8, 4) is 0 Å².